The minimum atomic E-state index is -0.967. The molecule has 1 saturated heterocycles. The first-order valence-corrected chi connectivity index (χ1v) is 8.50. The molecule has 1 unspecified atom stereocenters. The monoisotopic (exact) mass is 334 g/mol. The van der Waals surface area contributed by atoms with E-state index in [4.69, 9.17) is 5.11 Å². The molecule has 132 valence electrons. The maximum Gasteiger partial charge on any atom is 0.335 e. The van der Waals surface area contributed by atoms with Crippen LogP contribution in [0.1, 0.15) is 42.2 Å². The number of carboxylic acid groups (broad SMARTS) is 1. The van der Waals surface area contributed by atoms with Crippen molar-refractivity contribution in [3.63, 3.8) is 0 Å². The summed E-state index contributed by atoms with van der Waals surface area (Å²) >= 11 is 0. The van der Waals surface area contributed by atoms with Crippen molar-refractivity contribution in [2.24, 2.45) is 0 Å². The van der Waals surface area contributed by atoms with E-state index in [9.17, 15) is 9.59 Å². The number of amides is 1. The second-order valence-electron chi connectivity index (χ2n) is 6.00. The summed E-state index contributed by atoms with van der Waals surface area (Å²) in [5, 5.41) is 15.1. The SMILES string of the molecule is CCN1CCCC1CNC(=O)CCNCc1cc(C(=O)O)ccn1. The summed E-state index contributed by atoms with van der Waals surface area (Å²) in [7, 11) is 0. The molecule has 24 heavy (non-hydrogen) atoms. The van der Waals surface area contributed by atoms with Gasteiger partial charge in [0.2, 0.25) is 5.91 Å². The Bertz CT molecular complexity index is 565. The van der Waals surface area contributed by atoms with Gasteiger partial charge in [0.1, 0.15) is 0 Å². The van der Waals surface area contributed by atoms with Crippen molar-refractivity contribution in [3.05, 3.63) is 29.6 Å². The Labute approximate surface area is 142 Å². The lowest BCUT2D eigenvalue weighted by atomic mass is 10.2. The van der Waals surface area contributed by atoms with Crippen LogP contribution in [0.4, 0.5) is 0 Å². The second-order valence-corrected chi connectivity index (χ2v) is 6.00. The zero-order valence-corrected chi connectivity index (χ0v) is 14.1. The fourth-order valence-corrected chi connectivity index (χ4v) is 2.99. The summed E-state index contributed by atoms with van der Waals surface area (Å²) in [4.78, 5) is 29.3. The lowest BCUT2D eigenvalue weighted by molar-refractivity contribution is -0.121. The first-order valence-electron chi connectivity index (χ1n) is 8.50. The lowest BCUT2D eigenvalue weighted by Crippen LogP contribution is -2.40. The topological polar surface area (TPSA) is 94.6 Å². The van der Waals surface area contributed by atoms with Crippen LogP contribution in [-0.2, 0) is 11.3 Å². The van der Waals surface area contributed by atoms with Gasteiger partial charge in [-0.1, -0.05) is 6.92 Å². The molecule has 0 bridgehead atoms. The van der Waals surface area contributed by atoms with Crippen molar-refractivity contribution in [2.75, 3.05) is 26.2 Å². The number of aromatic nitrogens is 1. The van der Waals surface area contributed by atoms with E-state index in [2.05, 4.69) is 27.4 Å². The number of likely N-dealkylation sites (N-methyl/N-ethyl adjacent to an activating group) is 1. The minimum Gasteiger partial charge on any atom is -0.478 e. The van der Waals surface area contributed by atoms with E-state index in [1.165, 1.54) is 24.8 Å². The predicted octanol–water partition coefficient (Wildman–Crippen LogP) is 0.860. The summed E-state index contributed by atoms with van der Waals surface area (Å²) in [6, 6.07) is 3.46. The summed E-state index contributed by atoms with van der Waals surface area (Å²) in [6.07, 6.45) is 4.24. The zero-order chi connectivity index (χ0) is 17.4. The number of carbonyl (C=O) groups excluding carboxylic acids is 1. The van der Waals surface area contributed by atoms with Crippen molar-refractivity contribution >= 4 is 11.9 Å². The van der Waals surface area contributed by atoms with E-state index in [-0.39, 0.29) is 11.5 Å². The quantitative estimate of drug-likeness (QED) is 0.580. The minimum absolute atomic E-state index is 0.0395. The van der Waals surface area contributed by atoms with Crippen molar-refractivity contribution in [1.82, 2.24) is 20.5 Å². The van der Waals surface area contributed by atoms with Crippen LogP contribution in [0, 0.1) is 0 Å². The number of likely N-dealkylation sites (tertiary alicyclic amines) is 1. The van der Waals surface area contributed by atoms with Gasteiger partial charge in [0.05, 0.1) is 11.3 Å². The highest BCUT2D eigenvalue weighted by Crippen LogP contribution is 2.15. The molecule has 0 aliphatic carbocycles. The van der Waals surface area contributed by atoms with Crippen LogP contribution in [0.15, 0.2) is 18.3 Å². The van der Waals surface area contributed by atoms with Gasteiger partial charge in [0, 0.05) is 38.3 Å². The molecular formula is C17H26N4O3. The van der Waals surface area contributed by atoms with Crippen molar-refractivity contribution < 1.29 is 14.7 Å². The summed E-state index contributed by atoms with van der Waals surface area (Å²) in [5.41, 5.74) is 0.872. The van der Waals surface area contributed by atoms with E-state index in [0.717, 1.165) is 26.1 Å². The molecule has 2 heterocycles. The van der Waals surface area contributed by atoms with Gasteiger partial charge in [-0.15, -0.1) is 0 Å². The first kappa shape index (κ1) is 18.4. The predicted molar refractivity (Wildman–Crippen MR) is 90.8 cm³/mol. The number of pyridine rings is 1. The molecule has 1 aromatic rings. The number of nitrogens with one attached hydrogen (secondary N) is 2. The van der Waals surface area contributed by atoms with E-state index < -0.39 is 5.97 Å². The molecule has 1 atom stereocenters. The number of hydrogen-bond donors (Lipinski definition) is 3. The maximum absolute atomic E-state index is 11.9. The standard InChI is InChI=1S/C17H26N4O3/c1-2-21-9-3-4-15(21)12-20-16(22)6-7-18-11-14-10-13(17(23)24)5-8-19-14/h5,8,10,15,18H,2-4,6-7,9,11-12H2,1H3,(H,20,22)(H,23,24). The molecule has 1 aliphatic rings. The number of carboxylic acids is 1. The van der Waals surface area contributed by atoms with E-state index in [1.54, 1.807) is 0 Å². The highest BCUT2D eigenvalue weighted by molar-refractivity contribution is 5.87. The van der Waals surface area contributed by atoms with Crippen LogP contribution < -0.4 is 10.6 Å². The zero-order valence-electron chi connectivity index (χ0n) is 14.1. The molecule has 0 saturated carbocycles. The molecule has 0 aromatic carbocycles. The van der Waals surface area contributed by atoms with E-state index in [1.807, 2.05) is 0 Å². The average molecular weight is 334 g/mol. The van der Waals surface area contributed by atoms with Crippen LogP contribution in [0.2, 0.25) is 0 Å². The van der Waals surface area contributed by atoms with Crippen molar-refractivity contribution in [3.8, 4) is 0 Å². The first-order chi connectivity index (χ1) is 11.6. The molecule has 7 nitrogen and oxygen atoms in total. The van der Waals surface area contributed by atoms with E-state index in [0.29, 0.717) is 31.2 Å². The molecular weight excluding hydrogens is 308 g/mol. The molecule has 1 aromatic heterocycles. The molecule has 1 amide bonds. The fourth-order valence-electron chi connectivity index (χ4n) is 2.99. The van der Waals surface area contributed by atoms with Crippen LogP contribution >= 0.6 is 0 Å². The Kier molecular flexibility index (Phi) is 7.14. The highest BCUT2D eigenvalue weighted by Gasteiger charge is 2.22. The average Bonchev–Trinajstić information content (AvgIpc) is 3.04. The lowest BCUT2D eigenvalue weighted by Gasteiger charge is -2.22. The molecule has 3 N–H and O–H groups in total. The third kappa shape index (κ3) is 5.58. The largest absolute Gasteiger partial charge is 0.478 e. The smallest absolute Gasteiger partial charge is 0.335 e. The third-order valence-electron chi connectivity index (χ3n) is 4.34. The summed E-state index contributed by atoms with van der Waals surface area (Å²) in [6.45, 7) is 6.01. The van der Waals surface area contributed by atoms with Gasteiger partial charge in [-0.3, -0.25) is 14.7 Å². The summed E-state index contributed by atoms with van der Waals surface area (Å²) < 4.78 is 0. The van der Waals surface area contributed by atoms with Gasteiger partial charge in [-0.05, 0) is 38.1 Å². The normalized spacial score (nSPS) is 17.8. The Balaban J connectivity index is 1.62. The fraction of sp³-hybridized carbons (Fsp3) is 0.588. The molecule has 1 aliphatic heterocycles. The Morgan fingerprint density at radius 3 is 3.04 bits per heavy atom. The molecule has 1 fully saturated rings. The number of hydrogen-bond acceptors (Lipinski definition) is 5. The number of carbonyl (C=O) groups is 2. The van der Waals surface area contributed by atoms with Gasteiger partial charge in [0.15, 0.2) is 0 Å². The molecule has 2 rings (SSSR count). The van der Waals surface area contributed by atoms with Gasteiger partial charge in [0.25, 0.3) is 0 Å². The van der Waals surface area contributed by atoms with Crippen molar-refractivity contribution in [2.45, 2.75) is 38.8 Å². The van der Waals surface area contributed by atoms with Gasteiger partial charge < -0.3 is 15.7 Å². The summed E-state index contributed by atoms with van der Waals surface area (Å²) in [5.74, 6) is -0.927. The van der Waals surface area contributed by atoms with Crippen LogP contribution in [0.25, 0.3) is 0 Å². The van der Waals surface area contributed by atoms with Crippen molar-refractivity contribution in [1.29, 1.82) is 0 Å². The Morgan fingerprint density at radius 2 is 2.29 bits per heavy atom. The molecule has 7 heteroatoms. The Hall–Kier alpha value is -1.99. The highest BCUT2D eigenvalue weighted by atomic mass is 16.4. The van der Waals surface area contributed by atoms with Gasteiger partial charge in [-0.25, -0.2) is 4.79 Å². The second kappa shape index (κ2) is 9.34. The van der Waals surface area contributed by atoms with Gasteiger partial charge >= 0.3 is 5.97 Å². The number of nitrogens with zero attached hydrogens (tertiary/aromatic N) is 2. The Morgan fingerprint density at radius 1 is 1.46 bits per heavy atom. The molecule has 0 radical (unpaired) electrons. The molecule has 0 spiro atoms. The van der Waals surface area contributed by atoms with E-state index >= 15 is 0 Å². The van der Waals surface area contributed by atoms with Crippen LogP contribution in [-0.4, -0.2) is 59.1 Å². The number of rotatable bonds is 9. The number of aromatic carboxylic acids is 1. The van der Waals surface area contributed by atoms with Crippen LogP contribution in [0.5, 0.6) is 0 Å². The van der Waals surface area contributed by atoms with Gasteiger partial charge in [-0.2, -0.15) is 0 Å². The third-order valence-corrected chi connectivity index (χ3v) is 4.34. The maximum atomic E-state index is 11.9. The van der Waals surface area contributed by atoms with Crippen LogP contribution in [0.3, 0.4) is 0 Å².